The van der Waals surface area contributed by atoms with Crippen molar-refractivity contribution in [3.05, 3.63) is 28.8 Å². The monoisotopic (exact) mass is 232 g/mol. The Hall–Kier alpha value is -1.31. The van der Waals surface area contributed by atoms with Gasteiger partial charge in [-0.3, -0.25) is 4.79 Å². The number of hydrogen-bond donors (Lipinski definition) is 0. The molecule has 0 aromatic heterocycles. The van der Waals surface area contributed by atoms with E-state index in [1.807, 2.05) is 0 Å². The van der Waals surface area contributed by atoms with Gasteiger partial charge in [-0.05, 0) is 34.9 Å². The standard InChI is InChI=1S/C15H20O2/c1-9(2)12-7-11-5-6-14(16)17-15(11)13(8-12)10(3)4/h7-10H,5-6H2,1-4H3. The first-order chi connectivity index (χ1) is 7.99. The minimum Gasteiger partial charge on any atom is -0.426 e. The van der Waals surface area contributed by atoms with Gasteiger partial charge in [0.2, 0.25) is 0 Å². The van der Waals surface area contributed by atoms with E-state index in [4.69, 9.17) is 4.74 Å². The molecule has 17 heavy (non-hydrogen) atoms. The molecule has 1 aliphatic heterocycles. The molecule has 2 heteroatoms. The molecule has 0 atom stereocenters. The van der Waals surface area contributed by atoms with Crippen molar-refractivity contribution >= 4 is 5.97 Å². The number of aryl methyl sites for hydroxylation is 1. The fraction of sp³-hybridized carbons (Fsp3) is 0.533. The Labute approximate surface area is 103 Å². The zero-order chi connectivity index (χ0) is 12.6. The highest BCUT2D eigenvalue weighted by molar-refractivity contribution is 5.76. The summed E-state index contributed by atoms with van der Waals surface area (Å²) in [6.45, 7) is 8.67. The first kappa shape index (κ1) is 12.2. The Morgan fingerprint density at radius 3 is 2.35 bits per heavy atom. The van der Waals surface area contributed by atoms with Crippen LogP contribution in [0.15, 0.2) is 12.1 Å². The first-order valence-corrected chi connectivity index (χ1v) is 6.36. The molecule has 0 saturated heterocycles. The molecule has 0 bridgehead atoms. The number of carbonyl (C=O) groups excluding carboxylic acids is 1. The summed E-state index contributed by atoms with van der Waals surface area (Å²) in [7, 11) is 0. The molecule has 1 heterocycles. The highest BCUT2D eigenvalue weighted by atomic mass is 16.5. The van der Waals surface area contributed by atoms with Gasteiger partial charge in [0, 0.05) is 0 Å². The quantitative estimate of drug-likeness (QED) is 0.573. The van der Waals surface area contributed by atoms with Gasteiger partial charge in [0.05, 0.1) is 6.42 Å². The van der Waals surface area contributed by atoms with Crippen molar-refractivity contribution in [2.24, 2.45) is 0 Å². The predicted molar refractivity (Wildman–Crippen MR) is 68.6 cm³/mol. The van der Waals surface area contributed by atoms with Crippen molar-refractivity contribution in [1.82, 2.24) is 0 Å². The molecule has 1 aliphatic rings. The molecule has 2 rings (SSSR count). The van der Waals surface area contributed by atoms with Crippen LogP contribution >= 0.6 is 0 Å². The average Bonchev–Trinajstić information content (AvgIpc) is 2.27. The summed E-state index contributed by atoms with van der Waals surface area (Å²) in [6.07, 6.45) is 1.32. The van der Waals surface area contributed by atoms with E-state index < -0.39 is 0 Å². The van der Waals surface area contributed by atoms with E-state index >= 15 is 0 Å². The van der Waals surface area contributed by atoms with Crippen molar-refractivity contribution in [2.45, 2.75) is 52.4 Å². The summed E-state index contributed by atoms with van der Waals surface area (Å²) >= 11 is 0. The summed E-state index contributed by atoms with van der Waals surface area (Å²) in [4.78, 5) is 11.4. The van der Waals surface area contributed by atoms with Gasteiger partial charge >= 0.3 is 5.97 Å². The summed E-state index contributed by atoms with van der Waals surface area (Å²) in [5.74, 6) is 1.61. The van der Waals surface area contributed by atoms with E-state index in [1.165, 1.54) is 16.7 Å². The summed E-state index contributed by atoms with van der Waals surface area (Å²) in [5, 5.41) is 0. The SMILES string of the molecule is CC(C)c1cc2c(c(C(C)C)c1)OC(=O)CC2. The van der Waals surface area contributed by atoms with Gasteiger partial charge in [-0.15, -0.1) is 0 Å². The second-order valence-electron chi connectivity index (χ2n) is 5.38. The minimum absolute atomic E-state index is 0.100. The summed E-state index contributed by atoms with van der Waals surface area (Å²) in [6, 6.07) is 4.38. The maximum atomic E-state index is 11.4. The molecule has 0 amide bonds. The van der Waals surface area contributed by atoms with Crippen LogP contribution in [-0.2, 0) is 11.2 Å². The van der Waals surface area contributed by atoms with Gasteiger partial charge in [0.25, 0.3) is 0 Å². The minimum atomic E-state index is -0.100. The Morgan fingerprint density at radius 1 is 1.06 bits per heavy atom. The van der Waals surface area contributed by atoms with Gasteiger partial charge in [0.1, 0.15) is 5.75 Å². The van der Waals surface area contributed by atoms with Crippen LogP contribution in [0.5, 0.6) is 5.75 Å². The van der Waals surface area contributed by atoms with Crippen LogP contribution in [0.4, 0.5) is 0 Å². The number of fused-ring (bicyclic) bond motifs is 1. The molecule has 0 radical (unpaired) electrons. The Balaban J connectivity index is 2.55. The van der Waals surface area contributed by atoms with Crippen molar-refractivity contribution in [2.75, 3.05) is 0 Å². The van der Waals surface area contributed by atoms with E-state index in [-0.39, 0.29) is 5.97 Å². The summed E-state index contributed by atoms with van der Waals surface area (Å²) < 4.78 is 5.42. The third kappa shape index (κ3) is 2.36. The molecule has 0 saturated carbocycles. The van der Waals surface area contributed by atoms with Gasteiger partial charge in [-0.1, -0.05) is 39.8 Å². The molecule has 0 aliphatic carbocycles. The lowest BCUT2D eigenvalue weighted by molar-refractivity contribution is -0.135. The van der Waals surface area contributed by atoms with Crippen molar-refractivity contribution in [3.8, 4) is 5.75 Å². The third-order valence-electron chi connectivity index (χ3n) is 3.32. The number of carbonyl (C=O) groups is 1. The van der Waals surface area contributed by atoms with Crippen LogP contribution in [0, 0.1) is 0 Å². The lowest BCUT2D eigenvalue weighted by atomic mass is 9.90. The second kappa shape index (κ2) is 4.52. The molecule has 0 unspecified atom stereocenters. The smallest absolute Gasteiger partial charge is 0.311 e. The van der Waals surface area contributed by atoms with E-state index in [0.29, 0.717) is 18.3 Å². The molecule has 92 valence electrons. The Morgan fingerprint density at radius 2 is 1.76 bits per heavy atom. The maximum Gasteiger partial charge on any atom is 0.311 e. The molecule has 0 spiro atoms. The number of rotatable bonds is 2. The maximum absolute atomic E-state index is 11.4. The van der Waals surface area contributed by atoms with Crippen LogP contribution in [0.25, 0.3) is 0 Å². The highest BCUT2D eigenvalue weighted by Crippen LogP contribution is 2.36. The van der Waals surface area contributed by atoms with Gasteiger partial charge in [-0.2, -0.15) is 0 Å². The molecule has 1 aromatic rings. The normalized spacial score (nSPS) is 15.1. The van der Waals surface area contributed by atoms with Crippen molar-refractivity contribution in [1.29, 1.82) is 0 Å². The van der Waals surface area contributed by atoms with E-state index in [9.17, 15) is 4.79 Å². The van der Waals surface area contributed by atoms with Crippen LogP contribution in [0.2, 0.25) is 0 Å². The Bertz CT molecular complexity index is 444. The van der Waals surface area contributed by atoms with Gasteiger partial charge < -0.3 is 4.74 Å². The lowest BCUT2D eigenvalue weighted by Gasteiger charge is -2.23. The molecular weight excluding hydrogens is 212 g/mol. The van der Waals surface area contributed by atoms with E-state index in [0.717, 1.165) is 12.2 Å². The second-order valence-corrected chi connectivity index (χ2v) is 5.38. The zero-order valence-corrected chi connectivity index (χ0v) is 11.0. The predicted octanol–water partition coefficient (Wildman–Crippen LogP) is 3.79. The van der Waals surface area contributed by atoms with Crippen LogP contribution in [0.1, 0.15) is 62.6 Å². The molecule has 2 nitrogen and oxygen atoms in total. The van der Waals surface area contributed by atoms with E-state index in [2.05, 4.69) is 39.8 Å². The molecule has 1 aromatic carbocycles. The zero-order valence-electron chi connectivity index (χ0n) is 11.0. The van der Waals surface area contributed by atoms with Gasteiger partial charge in [0.15, 0.2) is 0 Å². The van der Waals surface area contributed by atoms with Crippen LogP contribution < -0.4 is 4.74 Å². The number of esters is 1. The molecule has 0 N–H and O–H groups in total. The third-order valence-corrected chi connectivity index (χ3v) is 3.32. The molecular formula is C15H20O2. The largest absolute Gasteiger partial charge is 0.426 e. The lowest BCUT2D eigenvalue weighted by Crippen LogP contribution is -2.18. The topological polar surface area (TPSA) is 26.3 Å². The first-order valence-electron chi connectivity index (χ1n) is 6.36. The average molecular weight is 232 g/mol. The fourth-order valence-corrected chi connectivity index (χ4v) is 2.21. The summed E-state index contributed by atoms with van der Waals surface area (Å²) in [5.41, 5.74) is 3.70. The van der Waals surface area contributed by atoms with Crippen molar-refractivity contribution in [3.63, 3.8) is 0 Å². The van der Waals surface area contributed by atoms with Crippen molar-refractivity contribution < 1.29 is 9.53 Å². The number of hydrogen-bond acceptors (Lipinski definition) is 2. The highest BCUT2D eigenvalue weighted by Gasteiger charge is 2.23. The number of benzene rings is 1. The van der Waals surface area contributed by atoms with Gasteiger partial charge in [-0.25, -0.2) is 0 Å². The Kier molecular flexibility index (Phi) is 3.23. The fourth-order valence-electron chi connectivity index (χ4n) is 2.21. The molecule has 0 fully saturated rings. The van der Waals surface area contributed by atoms with Crippen LogP contribution in [0.3, 0.4) is 0 Å². The van der Waals surface area contributed by atoms with E-state index in [1.54, 1.807) is 0 Å². The number of ether oxygens (including phenoxy) is 1. The van der Waals surface area contributed by atoms with Crippen LogP contribution in [-0.4, -0.2) is 5.97 Å².